The van der Waals surface area contributed by atoms with Gasteiger partial charge in [-0.05, 0) is 5.92 Å². The lowest BCUT2D eigenvalue weighted by molar-refractivity contribution is -0.237. The van der Waals surface area contributed by atoms with E-state index in [1.54, 1.807) is 0 Å². The fourth-order valence-corrected chi connectivity index (χ4v) is 0.936. The Kier molecular flexibility index (Phi) is 3.73. The van der Waals surface area contributed by atoms with Gasteiger partial charge in [-0.2, -0.15) is 0 Å². The van der Waals surface area contributed by atoms with Crippen molar-refractivity contribution in [2.75, 3.05) is 0 Å². The Morgan fingerprint density at radius 2 is 1.58 bits per heavy atom. The predicted molar refractivity (Wildman–Crippen MR) is 50.7 cm³/mol. The van der Waals surface area contributed by atoms with Crippen molar-refractivity contribution in [1.82, 2.24) is 0 Å². The van der Waals surface area contributed by atoms with E-state index in [1.807, 2.05) is 27.7 Å². The maximum absolute atomic E-state index is 9.71. The summed E-state index contributed by atoms with van der Waals surface area (Å²) in [6.07, 6.45) is 1.44. The van der Waals surface area contributed by atoms with Crippen LogP contribution in [0.25, 0.3) is 0 Å². The Morgan fingerprint density at radius 3 is 1.83 bits per heavy atom. The Labute approximate surface area is 75.6 Å². The van der Waals surface area contributed by atoms with Crippen molar-refractivity contribution in [3.05, 3.63) is 0 Å². The molecular formula is C10H22O2. The van der Waals surface area contributed by atoms with Crippen molar-refractivity contribution in [1.29, 1.82) is 0 Å². The summed E-state index contributed by atoms with van der Waals surface area (Å²) < 4.78 is 0. The SMILES string of the molecule is CCC(C)CC(O)(O)C(C)(C)C. The summed E-state index contributed by atoms with van der Waals surface area (Å²) in [6, 6.07) is 0. The zero-order valence-corrected chi connectivity index (χ0v) is 8.89. The first-order chi connectivity index (χ1) is 5.20. The average molecular weight is 174 g/mol. The van der Waals surface area contributed by atoms with Gasteiger partial charge >= 0.3 is 0 Å². The zero-order chi connectivity index (χ0) is 9.99. The highest BCUT2D eigenvalue weighted by Gasteiger charge is 2.38. The van der Waals surface area contributed by atoms with Crippen molar-refractivity contribution in [2.24, 2.45) is 11.3 Å². The van der Waals surface area contributed by atoms with Gasteiger partial charge in [0.05, 0.1) is 0 Å². The van der Waals surface area contributed by atoms with E-state index in [2.05, 4.69) is 6.92 Å². The summed E-state index contributed by atoms with van der Waals surface area (Å²) >= 11 is 0. The fraction of sp³-hybridized carbons (Fsp3) is 1.00. The van der Waals surface area contributed by atoms with Gasteiger partial charge in [0.1, 0.15) is 0 Å². The second-order valence-electron chi connectivity index (χ2n) is 4.78. The Hall–Kier alpha value is -0.0800. The molecule has 0 radical (unpaired) electrons. The van der Waals surface area contributed by atoms with Crippen LogP contribution in [0.1, 0.15) is 47.5 Å². The molecule has 2 nitrogen and oxygen atoms in total. The molecule has 0 spiro atoms. The maximum atomic E-state index is 9.71. The Balaban J connectivity index is 4.22. The van der Waals surface area contributed by atoms with E-state index >= 15 is 0 Å². The van der Waals surface area contributed by atoms with Gasteiger partial charge in [0, 0.05) is 11.8 Å². The minimum atomic E-state index is -1.54. The molecule has 1 unspecified atom stereocenters. The summed E-state index contributed by atoms with van der Waals surface area (Å²) in [5.74, 6) is -1.18. The molecule has 0 aromatic heterocycles. The lowest BCUT2D eigenvalue weighted by atomic mass is 9.80. The minimum Gasteiger partial charge on any atom is -0.365 e. The molecule has 0 saturated heterocycles. The molecule has 0 saturated carbocycles. The minimum absolute atomic E-state index is 0.360. The summed E-state index contributed by atoms with van der Waals surface area (Å²) in [5, 5.41) is 19.4. The third-order valence-corrected chi connectivity index (χ3v) is 2.53. The lowest BCUT2D eigenvalue weighted by Gasteiger charge is -2.36. The second-order valence-corrected chi connectivity index (χ2v) is 4.78. The van der Waals surface area contributed by atoms with E-state index in [1.165, 1.54) is 0 Å². The molecule has 0 aliphatic carbocycles. The van der Waals surface area contributed by atoms with Crippen molar-refractivity contribution in [2.45, 2.75) is 53.2 Å². The van der Waals surface area contributed by atoms with E-state index in [0.29, 0.717) is 12.3 Å². The van der Waals surface area contributed by atoms with E-state index in [-0.39, 0.29) is 0 Å². The molecule has 0 aromatic carbocycles. The lowest BCUT2D eigenvalue weighted by Crippen LogP contribution is -2.43. The smallest absolute Gasteiger partial charge is 0.167 e. The highest BCUT2D eigenvalue weighted by molar-refractivity contribution is 4.81. The normalized spacial score (nSPS) is 16.2. The largest absolute Gasteiger partial charge is 0.365 e. The molecule has 2 N–H and O–H groups in total. The molecule has 0 aliphatic heterocycles. The van der Waals surface area contributed by atoms with Crippen molar-refractivity contribution < 1.29 is 10.2 Å². The van der Waals surface area contributed by atoms with Crippen LogP contribution in [0.5, 0.6) is 0 Å². The summed E-state index contributed by atoms with van der Waals surface area (Å²) in [4.78, 5) is 0. The summed E-state index contributed by atoms with van der Waals surface area (Å²) in [5.41, 5.74) is -0.462. The third-order valence-electron chi connectivity index (χ3n) is 2.53. The zero-order valence-electron chi connectivity index (χ0n) is 8.89. The third kappa shape index (κ3) is 3.11. The molecule has 0 aromatic rings. The number of aliphatic hydroxyl groups is 2. The summed E-state index contributed by atoms with van der Waals surface area (Å²) in [6.45, 7) is 9.62. The van der Waals surface area contributed by atoms with Crippen LogP contribution in [0.4, 0.5) is 0 Å². The topological polar surface area (TPSA) is 40.5 Å². The highest BCUT2D eigenvalue weighted by Crippen LogP contribution is 2.33. The van der Waals surface area contributed by atoms with Crippen LogP contribution in [-0.4, -0.2) is 16.0 Å². The number of hydrogen-bond acceptors (Lipinski definition) is 2. The highest BCUT2D eigenvalue weighted by atomic mass is 16.5. The first kappa shape index (κ1) is 11.9. The van der Waals surface area contributed by atoms with Gasteiger partial charge in [0.25, 0.3) is 0 Å². The molecular weight excluding hydrogens is 152 g/mol. The van der Waals surface area contributed by atoms with Crippen LogP contribution in [-0.2, 0) is 0 Å². The molecule has 0 aliphatic rings. The van der Waals surface area contributed by atoms with E-state index in [0.717, 1.165) is 6.42 Å². The maximum Gasteiger partial charge on any atom is 0.167 e. The van der Waals surface area contributed by atoms with Crippen molar-refractivity contribution in [3.8, 4) is 0 Å². The molecule has 0 bridgehead atoms. The average Bonchev–Trinajstić information content (AvgIpc) is 1.84. The van der Waals surface area contributed by atoms with Crippen molar-refractivity contribution >= 4 is 0 Å². The summed E-state index contributed by atoms with van der Waals surface area (Å²) in [7, 11) is 0. The van der Waals surface area contributed by atoms with Crippen LogP contribution in [0.2, 0.25) is 0 Å². The van der Waals surface area contributed by atoms with Gasteiger partial charge in [-0.25, -0.2) is 0 Å². The molecule has 74 valence electrons. The van der Waals surface area contributed by atoms with E-state index < -0.39 is 11.2 Å². The molecule has 12 heavy (non-hydrogen) atoms. The van der Waals surface area contributed by atoms with Gasteiger partial charge in [0.2, 0.25) is 0 Å². The van der Waals surface area contributed by atoms with E-state index in [9.17, 15) is 10.2 Å². The fourth-order valence-electron chi connectivity index (χ4n) is 0.936. The van der Waals surface area contributed by atoms with Gasteiger partial charge in [-0.3, -0.25) is 0 Å². The quantitative estimate of drug-likeness (QED) is 0.644. The Morgan fingerprint density at radius 1 is 1.17 bits per heavy atom. The van der Waals surface area contributed by atoms with Crippen LogP contribution < -0.4 is 0 Å². The molecule has 0 fully saturated rings. The van der Waals surface area contributed by atoms with Gasteiger partial charge in [-0.1, -0.05) is 41.0 Å². The van der Waals surface area contributed by atoms with E-state index in [4.69, 9.17) is 0 Å². The molecule has 0 amide bonds. The standard InChI is InChI=1S/C10H22O2/c1-6-8(2)7-10(11,12)9(3,4)5/h8,11-12H,6-7H2,1-5H3. The van der Waals surface area contributed by atoms with Crippen LogP contribution in [0.15, 0.2) is 0 Å². The monoisotopic (exact) mass is 174 g/mol. The molecule has 1 atom stereocenters. The predicted octanol–water partition coefficient (Wildman–Crippen LogP) is 2.15. The number of rotatable bonds is 3. The molecule has 0 rings (SSSR count). The van der Waals surface area contributed by atoms with Crippen molar-refractivity contribution in [3.63, 3.8) is 0 Å². The van der Waals surface area contributed by atoms with Gasteiger partial charge in [0.15, 0.2) is 5.79 Å². The number of hydrogen-bond donors (Lipinski definition) is 2. The van der Waals surface area contributed by atoms with Crippen LogP contribution in [0, 0.1) is 11.3 Å². The second kappa shape index (κ2) is 3.75. The Bertz CT molecular complexity index is 133. The molecule has 0 heterocycles. The first-order valence-corrected chi connectivity index (χ1v) is 4.65. The van der Waals surface area contributed by atoms with Gasteiger partial charge < -0.3 is 10.2 Å². The first-order valence-electron chi connectivity index (χ1n) is 4.65. The molecule has 2 heteroatoms. The van der Waals surface area contributed by atoms with Gasteiger partial charge in [-0.15, -0.1) is 0 Å². The van der Waals surface area contributed by atoms with Crippen LogP contribution >= 0.6 is 0 Å². The van der Waals surface area contributed by atoms with Crippen LogP contribution in [0.3, 0.4) is 0 Å².